The van der Waals surface area contributed by atoms with Gasteiger partial charge in [-0.05, 0) is 37.2 Å². The Hall–Kier alpha value is -1.06. The van der Waals surface area contributed by atoms with Crippen LogP contribution in [0.15, 0.2) is 18.2 Å². The zero-order valence-electron chi connectivity index (χ0n) is 14.4. The Bertz CT molecular complexity index is 402. The van der Waals surface area contributed by atoms with E-state index in [4.69, 9.17) is 4.74 Å². The van der Waals surface area contributed by atoms with Gasteiger partial charge in [0.2, 0.25) is 0 Å². The average Bonchev–Trinajstić information content (AvgIpc) is 2.52. The average molecular weight is 292 g/mol. The molecule has 0 unspecified atom stereocenters. The van der Waals surface area contributed by atoms with Gasteiger partial charge in [0, 0.05) is 25.2 Å². The van der Waals surface area contributed by atoms with Gasteiger partial charge in [-0.1, -0.05) is 39.7 Å². The lowest BCUT2D eigenvalue weighted by molar-refractivity contribution is 0.223. The lowest BCUT2D eigenvalue weighted by Crippen LogP contribution is -2.29. The molecule has 0 amide bonds. The zero-order chi connectivity index (χ0) is 15.7. The van der Waals surface area contributed by atoms with E-state index in [1.54, 1.807) is 7.11 Å². The first-order valence-electron chi connectivity index (χ1n) is 8.21. The third-order valence-electron chi connectivity index (χ3n) is 4.24. The fraction of sp³-hybridized carbons (Fsp3) is 0.667. The maximum absolute atomic E-state index is 5.53. The number of ether oxygens (including phenoxy) is 1. The molecule has 1 rings (SSSR count). The standard InChI is InChI=1S/C18H32N2O/c1-6-15(7-2)13-20(8-3)14-17-11-16(12-19-4)9-10-18(17)21-5/h9-11,15,19H,6-8,12-14H2,1-5H3. The predicted octanol–water partition coefficient (Wildman–Crippen LogP) is 3.67. The molecule has 1 N–H and O–H groups in total. The van der Waals surface area contributed by atoms with Crippen LogP contribution in [0.4, 0.5) is 0 Å². The number of hydrogen-bond acceptors (Lipinski definition) is 3. The number of nitrogens with one attached hydrogen (secondary N) is 1. The SMILES string of the molecule is CCC(CC)CN(CC)Cc1cc(CNC)ccc1OC. The molecule has 0 saturated carbocycles. The van der Waals surface area contributed by atoms with E-state index in [1.807, 2.05) is 7.05 Å². The van der Waals surface area contributed by atoms with Gasteiger partial charge in [-0.3, -0.25) is 4.90 Å². The molecule has 0 heterocycles. The minimum Gasteiger partial charge on any atom is -0.496 e. The number of benzene rings is 1. The molecule has 0 spiro atoms. The molecule has 0 aliphatic rings. The Morgan fingerprint density at radius 3 is 2.43 bits per heavy atom. The minimum atomic E-state index is 0.788. The maximum atomic E-state index is 5.53. The number of rotatable bonds is 10. The van der Waals surface area contributed by atoms with Crippen molar-refractivity contribution in [2.45, 2.75) is 46.7 Å². The Morgan fingerprint density at radius 1 is 1.19 bits per heavy atom. The van der Waals surface area contributed by atoms with Gasteiger partial charge in [0.05, 0.1) is 7.11 Å². The smallest absolute Gasteiger partial charge is 0.123 e. The van der Waals surface area contributed by atoms with Gasteiger partial charge in [0.1, 0.15) is 5.75 Å². The van der Waals surface area contributed by atoms with Crippen molar-refractivity contribution in [3.8, 4) is 5.75 Å². The normalized spacial score (nSPS) is 11.4. The molecule has 1 aromatic carbocycles. The minimum absolute atomic E-state index is 0.788. The van der Waals surface area contributed by atoms with Crippen LogP contribution in [0.25, 0.3) is 0 Å². The van der Waals surface area contributed by atoms with Crippen molar-refractivity contribution in [2.75, 3.05) is 27.2 Å². The largest absolute Gasteiger partial charge is 0.496 e. The van der Waals surface area contributed by atoms with Crippen molar-refractivity contribution >= 4 is 0 Å². The van der Waals surface area contributed by atoms with Gasteiger partial charge >= 0.3 is 0 Å². The second-order valence-electron chi connectivity index (χ2n) is 5.69. The molecule has 0 saturated heterocycles. The Kier molecular flexibility index (Phi) is 8.40. The molecule has 1 aromatic rings. The molecule has 0 aliphatic carbocycles. The molecular formula is C18H32N2O. The molecule has 0 fully saturated rings. The summed E-state index contributed by atoms with van der Waals surface area (Å²) in [6.45, 7) is 10.9. The third kappa shape index (κ3) is 5.68. The highest BCUT2D eigenvalue weighted by atomic mass is 16.5. The molecule has 0 atom stereocenters. The summed E-state index contributed by atoms with van der Waals surface area (Å²) >= 11 is 0. The highest BCUT2D eigenvalue weighted by Crippen LogP contribution is 2.22. The molecule has 0 bridgehead atoms. The highest BCUT2D eigenvalue weighted by Gasteiger charge is 2.13. The number of hydrogen-bond donors (Lipinski definition) is 1. The van der Waals surface area contributed by atoms with Crippen LogP contribution in [0.1, 0.15) is 44.7 Å². The van der Waals surface area contributed by atoms with Crippen molar-refractivity contribution < 1.29 is 4.74 Å². The highest BCUT2D eigenvalue weighted by molar-refractivity contribution is 5.37. The first-order chi connectivity index (χ1) is 10.2. The van der Waals surface area contributed by atoms with E-state index in [-0.39, 0.29) is 0 Å². The monoisotopic (exact) mass is 292 g/mol. The fourth-order valence-electron chi connectivity index (χ4n) is 2.73. The van der Waals surface area contributed by atoms with Gasteiger partial charge in [-0.15, -0.1) is 0 Å². The maximum Gasteiger partial charge on any atom is 0.123 e. The topological polar surface area (TPSA) is 24.5 Å². The quantitative estimate of drug-likeness (QED) is 0.712. The molecular weight excluding hydrogens is 260 g/mol. The van der Waals surface area contributed by atoms with E-state index < -0.39 is 0 Å². The molecule has 0 aromatic heterocycles. The van der Waals surface area contributed by atoms with Crippen LogP contribution in [-0.4, -0.2) is 32.1 Å². The van der Waals surface area contributed by atoms with E-state index in [0.717, 1.165) is 31.3 Å². The van der Waals surface area contributed by atoms with Gasteiger partial charge in [-0.25, -0.2) is 0 Å². The van der Waals surface area contributed by atoms with Crippen LogP contribution in [0.2, 0.25) is 0 Å². The van der Waals surface area contributed by atoms with Gasteiger partial charge in [-0.2, -0.15) is 0 Å². The summed E-state index contributed by atoms with van der Waals surface area (Å²) in [5.74, 6) is 1.79. The van der Waals surface area contributed by atoms with Crippen molar-refractivity contribution in [2.24, 2.45) is 5.92 Å². The second kappa shape index (κ2) is 9.80. The van der Waals surface area contributed by atoms with Crippen LogP contribution in [-0.2, 0) is 13.1 Å². The summed E-state index contributed by atoms with van der Waals surface area (Å²) in [6, 6.07) is 6.49. The molecule has 0 aliphatic heterocycles. The van der Waals surface area contributed by atoms with Crippen LogP contribution >= 0.6 is 0 Å². The Morgan fingerprint density at radius 2 is 1.90 bits per heavy atom. The summed E-state index contributed by atoms with van der Waals surface area (Å²) in [6.07, 6.45) is 2.51. The van der Waals surface area contributed by atoms with Gasteiger partial charge in [0.25, 0.3) is 0 Å². The van der Waals surface area contributed by atoms with E-state index >= 15 is 0 Å². The van der Waals surface area contributed by atoms with E-state index in [1.165, 1.54) is 30.5 Å². The van der Waals surface area contributed by atoms with Crippen LogP contribution < -0.4 is 10.1 Å². The number of nitrogens with zero attached hydrogens (tertiary/aromatic N) is 1. The van der Waals surface area contributed by atoms with Crippen molar-refractivity contribution in [1.82, 2.24) is 10.2 Å². The Balaban J connectivity index is 2.83. The summed E-state index contributed by atoms with van der Waals surface area (Å²) < 4.78 is 5.53. The Labute approximate surface area is 130 Å². The summed E-state index contributed by atoms with van der Waals surface area (Å²) in [5, 5.41) is 3.21. The lowest BCUT2D eigenvalue weighted by atomic mass is 10.0. The third-order valence-corrected chi connectivity index (χ3v) is 4.24. The molecule has 3 nitrogen and oxygen atoms in total. The van der Waals surface area contributed by atoms with E-state index in [9.17, 15) is 0 Å². The first kappa shape index (κ1) is 18.0. The molecule has 120 valence electrons. The van der Waals surface area contributed by atoms with Crippen LogP contribution in [0, 0.1) is 5.92 Å². The van der Waals surface area contributed by atoms with Crippen LogP contribution in [0.5, 0.6) is 5.75 Å². The predicted molar refractivity (Wildman–Crippen MR) is 90.8 cm³/mol. The van der Waals surface area contributed by atoms with E-state index in [2.05, 4.69) is 49.2 Å². The van der Waals surface area contributed by atoms with Crippen molar-refractivity contribution in [3.05, 3.63) is 29.3 Å². The molecule has 21 heavy (non-hydrogen) atoms. The summed E-state index contributed by atoms with van der Waals surface area (Å²) in [4.78, 5) is 2.53. The summed E-state index contributed by atoms with van der Waals surface area (Å²) in [5.41, 5.74) is 2.60. The fourth-order valence-corrected chi connectivity index (χ4v) is 2.73. The van der Waals surface area contributed by atoms with Gasteiger partial charge < -0.3 is 10.1 Å². The second-order valence-corrected chi connectivity index (χ2v) is 5.69. The van der Waals surface area contributed by atoms with Gasteiger partial charge in [0.15, 0.2) is 0 Å². The molecule has 0 radical (unpaired) electrons. The molecule has 3 heteroatoms. The summed E-state index contributed by atoms with van der Waals surface area (Å²) in [7, 11) is 3.74. The van der Waals surface area contributed by atoms with Crippen molar-refractivity contribution in [1.29, 1.82) is 0 Å². The van der Waals surface area contributed by atoms with Crippen molar-refractivity contribution in [3.63, 3.8) is 0 Å². The zero-order valence-corrected chi connectivity index (χ0v) is 14.4. The number of methoxy groups -OCH3 is 1. The van der Waals surface area contributed by atoms with Crippen LogP contribution in [0.3, 0.4) is 0 Å². The lowest BCUT2D eigenvalue weighted by Gasteiger charge is -2.26. The first-order valence-corrected chi connectivity index (χ1v) is 8.21. The van der Waals surface area contributed by atoms with E-state index in [0.29, 0.717) is 0 Å².